The zero-order valence-corrected chi connectivity index (χ0v) is 9.20. The van der Waals surface area contributed by atoms with Gasteiger partial charge in [-0.05, 0) is 25.0 Å². The van der Waals surface area contributed by atoms with Crippen molar-refractivity contribution in [3.63, 3.8) is 0 Å². The van der Waals surface area contributed by atoms with Crippen LogP contribution >= 0.6 is 0 Å². The monoisotopic (exact) mass is 200 g/mol. The number of para-hydroxylation sites is 1. The van der Waals surface area contributed by atoms with Crippen molar-refractivity contribution in [3.05, 3.63) is 42.1 Å². The van der Waals surface area contributed by atoms with Crippen molar-refractivity contribution in [2.75, 3.05) is 0 Å². The summed E-state index contributed by atoms with van der Waals surface area (Å²) in [6.45, 7) is 4.15. The van der Waals surface area contributed by atoms with E-state index in [2.05, 4.69) is 37.0 Å². The van der Waals surface area contributed by atoms with Crippen LogP contribution in [0.5, 0.6) is 0 Å². The molecule has 1 atom stereocenters. The molecule has 15 heavy (non-hydrogen) atoms. The van der Waals surface area contributed by atoms with Gasteiger partial charge in [0.1, 0.15) is 0 Å². The van der Waals surface area contributed by atoms with Crippen LogP contribution in [0.3, 0.4) is 0 Å². The maximum Gasteiger partial charge on any atom is 0.0752 e. The standard InChI is InChI=1S/C13H16N2/c1-3-13(2,14)11-8-4-6-10-7-5-9-15-12(10)11/h4-9H,3,14H2,1-2H3. The van der Waals surface area contributed by atoms with Crippen molar-refractivity contribution in [1.82, 2.24) is 4.98 Å². The van der Waals surface area contributed by atoms with Crippen LogP contribution in [0.25, 0.3) is 10.9 Å². The molecular weight excluding hydrogens is 184 g/mol. The number of hydrogen-bond acceptors (Lipinski definition) is 2. The summed E-state index contributed by atoms with van der Waals surface area (Å²) in [5.74, 6) is 0. The summed E-state index contributed by atoms with van der Waals surface area (Å²) in [4.78, 5) is 4.42. The van der Waals surface area contributed by atoms with Gasteiger partial charge in [0, 0.05) is 17.1 Å². The first-order valence-corrected chi connectivity index (χ1v) is 5.28. The molecule has 0 fully saturated rings. The molecule has 2 nitrogen and oxygen atoms in total. The van der Waals surface area contributed by atoms with E-state index in [0.717, 1.165) is 22.9 Å². The van der Waals surface area contributed by atoms with Gasteiger partial charge in [-0.1, -0.05) is 31.2 Å². The summed E-state index contributed by atoms with van der Waals surface area (Å²) in [5, 5.41) is 1.15. The predicted octanol–water partition coefficient (Wildman–Crippen LogP) is 2.82. The first-order valence-electron chi connectivity index (χ1n) is 5.28. The van der Waals surface area contributed by atoms with E-state index >= 15 is 0 Å². The maximum absolute atomic E-state index is 6.26. The molecule has 0 aliphatic rings. The summed E-state index contributed by atoms with van der Waals surface area (Å²) in [7, 11) is 0. The summed E-state index contributed by atoms with van der Waals surface area (Å²) in [6, 6.07) is 10.2. The van der Waals surface area contributed by atoms with Crippen LogP contribution in [0.1, 0.15) is 25.8 Å². The average molecular weight is 200 g/mol. The number of nitrogens with two attached hydrogens (primary N) is 1. The third kappa shape index (κ3) is 1.73. The largest absolute Gasteiger partial charge is 0.322 e. The van der Waals surface area contributed by atoms with E-state index in [1.54, 1.807) is 0 Å². The van der Waals surface area contributed by atoms with E-state index < -0.39 is 0 Å². The van der Waals surface area contributed by atoms with Gasteiger partial charge in [0.05, 0.1) is 5.52 Å². The summed E-state index contributed by atoms with van der Waals surface area (Å²) in [5.41, 5.74) is 8.11. The zero-order chi connectivity index (χ0) is 10.9. The number of aromatic nitrogens is 1. The number of rotatable bonds is 2. The van der Waals surface area contributed by atoms with E-state index in [4.69, 9.17) is 5.73 Å². The molecule has 0 saturated carbocycles. The Bertz CT molecular complexity index is 469. The molecule has 1 heterocycles. The van der Waals surface area contributed by atoms with Crippen molar-refractivity contribution in [2.45, 2.75) is 25.8 Å². The molecule has 0 aliphatic carbocycles. The lowest BCUT2D eigenvalue weighted by Gasteiger charge is -2.24. The number of benzene rings is 1. The van der Waals surface area contributed by atoms with Crippen LogP contribution in [0.15, 0.2) is 36.5 Å². The molecule has 1 aromatic carbocycles. The highest BCUT2D eigenvalue weighted by atomic mass is 14.7. The molecule has 0 bridgehead atoms. The molecule has 0 saturated heterocycles. The normalized spacial score (nSPS) is 15.1. The molecule has 78 valence electrons. The average Bonchev–Trinajstić information content (AvgIpc) is 2.28. The van der Waals surface area contributed by atoms with Crippen molar-refractivity contribution < 1.29 is 0 Å². The van der Waals surface area contributed by atoms with Gasteiger partial charge in [-0.3, -0.25) is 4.98 Å². The number of nitrogens with zero attached hydrogens (tertiary/aromatic N) is 1. The molecule has 2 N–H and O–H groups in total. The molecule has 0 spiro atoms. The smallest absolute Gasteiger partial charge is 0.0752 e. The van der Waals surface area contributed by atoms with E-state index in [-0.39, 0.29) is 5.54 Å². The van der Waals surface area contributed by atoms with Gasteiger partial charge in [0.25, 0.3) is 0 Å². The lowest BCUT2D eigenvalue weighted by molar-refractivity contribution is 0.480. The Labute approximate surface area is 90.1 Å². The summed E-state index contributed by atoms with van der Waals surface area (Å²) >= 11 is 0. The Kier molecular flexibility index (Phi) is 2.45. The van der Waals surface area contributed by atoms with E-state index in [1.165, 1.54) is 0 Å². The van der Waals surface area contributed by atoms with Gasteiger partial charge < -0.3 is 5.73 Å². The van der Waals surface area contributed by atoms with Gasteiger partial charge in [0.2, 0.25) is 0 Å². The van der Waals surface area contributed by atoms with E-state index in [0.29, 0.717) is 0 Å². The van der Waals surface area contributed by atoms with Gasteiger partial charge in [-0.2, -0.15) is 0 Å². The third-order valence-electron chi connectivity index (χ3n) is 2.98. The molecule has 1 aromatic heterocycles. The Morgan fingerprint density at radius 1 is 1.27 bits per heavy atom. The zero-order valence-electron chi connectivity index (χ0n) is 9.20. The lowest BCUT2D eigenvalue weighted by atomic mass is 9.89. The predicted molar refractivity (Wildman–Crippen MR) is 63.6 cm³/mol. The lowest BCUT2D eigenvalue weighted by Crippen LogP contribution is -2.32. The van der Waals surface area contributed by atoms with E-state index in [9.17, 15) is 0 Å². The number of pyridine rings is 1. The minimum absolute atomic E-state index is 0.298. The Balaban J connectivity index is 2.71. The highest BCUT2D eigenvalue weighted by Crippen LogP contribution is 2.27. The van der Waals surface area contributed by atoms with Gasteiger partial charge >= 0.3 is 0 Å². The highest BCUT2D eigenvalue weighted by molar-refractivity contribution is 5.82. The second-order valence-corrected chi connectivity index (χ2v) is 4.15. The van der Waals surface area contributed by atoms with Crippen LogP contribution in [0.4, 0.5) is 0 Å². The topological polar surface area (TPSA) is 38.9 Å². The molecular formula is C13H16N2. The van der Waals surface area contributed by atoms with Crippen LogP contribution in [0.2, 0.25) is 0 Å². The van der Waals surface area contributed by atoms with Crippen LogP contribution in [-0.4, -0.2) is 4.98 Å². The van der Waals surface area contributed by atoms with Crippen molar-refractivity contribution in [1.29, 1.82) is 0 Å². The fourth-order valence-corrected chi connectivity index (χ4v) is 1.76. The summed E-state index contributed by atoms with van der Waals surface area (Å²) < 4.78 is 0. The molecule has 0 radical (unpaired) electrons. The Morgan fingerprint density at radius 3 is 2.73 bits per heavy atom. The first kappa shape index (κ1) is 10.1. The molecule has 0 amide bonds. The van der Waals surface area contributed by atoms with Crippen LogP contribution in [-0.2, 0) is 5.54 Å². The van der Waals surface area contributed by atoms with Crippen molar-refractivity contribution in [3.8, 4) is 0 Å². The SMILES string of the molecule is CCC(C)(N)c1cccc2cccnc12. The second kappa shape index (κ2) is 3.63. The quantitative estimate of drug-likeness (QED) is 0.809. The molecule has 2 aromatic rings. The van der Waals surface area contributed by atoms with Crippen LogP contribution in [0, 0.1) is 0 Å². The number of hydrogen-bond donors (Lipinski definition) is 1. The molecule has 2 rings (SSSR count). The fraction of sp³-hybridized carbons (Fsp3) is 0.308. The van der Waals surface area contributed by atoms with Crippen molar-refractivity contribution >= 4 is 10.9 Å². The van der Waals surface area contributed by atoms with Gasteiger partial charge in [0.15, 0.2) is 0 Å². The van der Waals surface area contributed by atoms with Crippen molar-refractivity contribution in [2.24, 2.45) is 5.73 Å². The first-order chi connectivity index (χ1) is 7.15. The highest BCUT2D eigenvalue weighted by Gasteiger charge is 2.21. The fourth-order valence-electron chi connectivity index (χ4n) is 1.76. The second-order valence-electron chi connectivity index (χ2n) is 4.15. The number of fused-ring (bicyclic) bond motifs is 1. The maximum atomic E-state index is 6.26. The van der Waals surface area contributed by atoms with Gasteiger partial charge in [-0.15, -0.1) is 0 Å². The molecule has 2 heteroatoms. The molecule has 1 unspecified atom stereocenters. The third-order valence-corrected chi connectivity index (χ3v) is 2.98. The summed E-state index contributed by atoms with van der Waals surface area (Å²) in [6.07, 6.45) is 2.72. The molecule has 0 aliphatic heterocycles. The minimum atomic E-state index is -0.298. The van der Waals surface area contributed by atoms with E-state index in [1.807, 2.05) is 18.3 Å². The van der Waals surface area contributed by atoms with Gasteiger partial charge in [-0.25, -0.2) is 0 Å². The Hall–Kier alpha value is -1.41. The minimum Gasteiger partial charge on any atom is -0.322 e. The van der Waals surface area contributed by atoms with Crippen LogP contribution < -0.4 is 5.73 Å². The Morgan fingerprint density at radius 2 is 2.00 bits per heavy atom.